The average Bonchev–Trinajstić information content (AvgIpc) is 2.70. The van der Waals surface area contributed by atoms with Gasteiger partial charge in [0.15, 0.2) is 13.1 Å². The first kappa shape index (κ1) is 30.8. The lowest BCUT2D eigenvalue weighted by Crippen LogP contribution is -2.54. The summed E-state index contributed by atoms with van der Waals surface area (Å²) in [5, 5.41) is 17.6. The summed E-state index contributed by atoms with van der Waals surface area (Å²) in [5.74, 6) is -6.67. The van der Waals surface area contributed by atoms with Gasteiger partial charge in [0.2, 0.25) is 0 Å². The van der Waals surface area contributed by atoms with E-state index in [0.29, 0.717) is 0 Å². The van der Waals surface area contributed by atoms with E-state index in [-0.39, 0.29) is 38.2 Å². The van der Waals surface area contributed by atoms with Gasteiger partial charge in [-0.1, -0.05) is 24.3 Å². The Morgan fingerprint density at radius 2 is 0.906 bits per heavy atom. The highest BCUT2D eigenvalue weighted by Gasteiger charge is 2.29. The van der Waals surface area contributed by atoms with E-state index in [4.69, 9.17) is 29.3 Å². The smallest absolute Gasteiger partial charge is 0.430 e. The Morgan fingerprint density at radius 1 is 0.688 bits per heavy atom. The van der Waals surface area contributed by atoms with Crippen LogP contribution < -0.4 is 21.7 Å². The van der Waals surface area contributed by atoms with Crippen molar-refractivity contribution in [1.82, 2.24) is 0 Å². The molecule has 0 saturated heterocycles. The van der Waals surface area contributed by atoms with Crippen LogP contribution in [0.25, 0.3) is 0 Å². The van der Waals surface area contributed by atoms with E-state index >= 15 is 0 Å². The number of hydrogen-bond donors (Lipinski definition) is 2. The summed E-state index contributed by atoms with van der Waals surface area (Å²) >= 11 is 0. The fourth-order valence-electron chi connectivity index (χ4n) is 1.20. The molecule has 32 heavy (non-hydrogen) atoms. The number of carbonyl (C=O) groups excluding carboxylic acids is 4. The van der Waals surface area contributed by atoms with Crippen molar-refractivity contribution in [3.63, 3.8) is 0 Å². The number of hydrogen-bond acceptors (Lipinski definition) is 8. The molecular weight excluding hydrogens is 462 g/mol. The first-order chi connectivity index (χ1) is 14.5. The molecule has 6 N–H and O–H groups in total. The Hall–Kier alpha value is -3.40. The number of aliphatic carboxylic acids is 2. The number of carbonyl (C=O) groups is 4. The van der Waals surface area contributed by atoms with Gasteiger partial charge in [-0.15, -0.1) is 0 Å². The molecule has 0 amide bonds. The van der Waals surface area contributed by atoms with Crippen LogP contribution in [0.3, 0.4) is 0 Å². The second-order valence-corrected chi connectivity index (χ2v) is 5.21. The Morgan fingerprint density at radius 3 is 1.06 bits per heavy atom. The van der Waals surface area contributed by atoms with Gasteiger partial charge in [-0.05, 0) is 11.1 Å². The van der Waals surface area contributed by atoms with Gasteiger partial charge in [-0.25, -0.2) is 9.59 Å². The van der Waals surface area contributed by atoms with E-state index < -0.39 is 24.3 Å². The number of benzene rings is 1. The highest BCUT2D eigenvalue weighted by molar-refractivity contribution is 5.71. The molecule has 16 heteroatoms. The summed E-state index contributed by atoms with van der Waals surface area (Å²) in [6.07, 6.45) is -10.4. The molecule has 0 bridgehead atoms. The Balaban J connectivity index is 0. The first-order valence-corrected chi connectivity index (χ1v) is 8.08. The van der Waals surface area contributed by atoms with Gasteiger partial charge in [0, 0.05) is 0 Å². The first-order valence-electron chi connectivity index (χ1n) is 8.08. The second-order valence-electron chi connectivity index (χ2n) is 5.21. The van der Waals surface area contributed by atoms with Crippen molar-refractivity contribution in [2.24, 2.45) is 0 Å². The van der Waals surface area contributed by atoms with Crippen molar-refractivity contribution in [1.29, 1.82) is 0 Å². The molecule has 0 radical (unpaired) electrons. The van der Waals surface area contributed by atoms with Crippen LogP contribution in [0, 0.1) is 0 Å². The van der Waals surface area contributed by atoms with E-state index in [1.165, 1.54) is 0 Å². The Bertz CT molecular complexity index is 687. The minimum Gasteiger partial charge on any atom is -0.542 e. The van der Waals surface area contributed by atoms with Crippen molar-refractivity contribution in [3.8, 4) is 0 Å². The molecule has 1 aromatic rings. The molecule has 1 aromatic carbocycles. The number of esters is 2. The van der Waals surface area contributed by atoms with E-state index in [0.717, 1.165) is 11.1 Å². The zero-order valence-corrected chi connectivity index (χ0v) is 16.1. The van der Waals surface area contributed by atoms with Gasteiger partial charge in [0.25, 0.3) is 0 Å². The third-order valence-corrected chi connectivity index (χ3v) is 2.69. The predicted molar refractivity (Wildman–Crippen MR) is 83.7 cm³/mol. The molecule has 0 atom stereocenters. The third-order valence-electron chi connectivity index (χ3n) is 2.69. The van der Waals surface area contributed by atoms with Crippen LogP contribution in [0.4, 0.5) is 26.3 Å². The van der Waals surface area contributed by atoms with E-state index in [1.54, 1.807) is 0 Å². The Labute approximate surface area is 175 Å². The molecule has 0 fully saturated rings. The van der Waals surface area contributed by atoms with Crippen LogP contribution in [-0.4, -0.2) is 49.3 Å². The SMILES string of the molecule is O=C([O-])C(F)(F)F.O=C([O-])C(F)(F)F.[NH3+]CC(=O)OCc1ccc(COC(=O)C[NH3+])cc1. The maximum Gasteiger partial charge on any atom is 0.430 e. The summed E-state index contributed by atoms with van der Waals surface area (Å²) in [5.41, 5.74) is 8.62. The molecule has 0 aliphatic rings. The number of rotatable bonds is 6. The van der Waals surface area contributed by atoms with Crippen molar-refractivity contribution in [3.05, 3.63) is 35.4 Å². The molecule has 10 nitrogen and oxygen atoms in total. The topological polar surface area (TPSA) is 188 Å². The van der Waals surface area contributed by atoms with Crippen molar-refractivity contribution in [2.45, 2.75) is 25.6 Å². The zero-order chi connectivity index (χ0) is 25.5. The fraction of sp³-hybridized carbons (Fsp3) is 0.375. The summed E-state index contributed by atoms with van der Waals surface area (Å²) in [6.45, 7) is 0.707. The predicted octanol–water partition coefficient (Wildman–Crippen LogP) is -3.15. The number of alkyl halides is 6. The second kappa shape index (κ2) is 14.6. The molecule has 0 saturated carbocycles. The van der Waals surface area contributed by atoms with Gasteiger partial charge in [-0.3, -0.25) is 0 Å². The number of carboxylic acid groups (broad SMARTS) is 2. The lowest BCUT2D eigenvalue weighted by atomic mass is 10.1. The fourth-order valence-corrected chi connectivity index (χ4v) is 1.20. The van der Waals surface area contributed by atoms with Gasteiger partial charge < -0.3 is 40.7 Å². The van der Waals surface area contributed by atoms with Crippen LogP contribution in [0.5, 0.6) is 0 Å². The van der Waals surface area contributed by atoms with E-state index in [1.807, 2.05) is 24.3 Å². The minimum atomic E-state index is -5.19. The van der Waals surface area contributed by atoms with E-state index in [2.05, 4.69) is 11.5 Å². The monoisotopic (exact) mass is 480 g/mol. The molecule has 0 aliphatic carbocycles. The largest absolute Gasteiger partial charge is 0.542 e. The van der Waals surface area contributed by atoms with Gasteiger partial charge >= 0.3 is 24.3 Å². The maximum atomic E-state index is 10.9. The van der Waals surface area contributed by atoms with Crippen LogP contribution in [0.15, 0.2) is 24.3 Å². The minimum absolute atomic E-state index is 0.124. The average molecular weight is 480 g/mol. The molecule has 0 aromatic heterocycles. The number of ether oxygens (including phenoxy) is 2. The quantitative estimate of drug-likeness (QED) is 0.315. The van der Waals surface area contributed by atoms with Gasteiger partial charge in [0.1, 0.15) is 25.2 Å². The standard InChI is InChI=1S/C12H16N2O4.2C2HF3O2/c13-5-11(15)17-7-9-1-2-10(4-3-9)8-18-12(16)6-14;2*3-2(4,5)1(6)7/h1-4H,5-8,13-14H2;2*(H,6,7). The number of quaternary nitrogens is 2. The summed E-state index contributed by atoms with van der Waals surface area (Å²) in [7, 11) is 0. The molecule has 1 rings (SSSR count). The van der Waals surface area contributed by atoms with Crippen molar-refractivity contribution >= 4 is 23.9 Å². The summed E-state index contributed by atoms with van der Waals surface area (Å²) < 4.78 is 73.0. The van der Waals surface area contributed by atoms with Crippen molar-refractivity contribution < 1.29 is 76.7 Å². The normalized spacial score (nSPS) is 10.5. The molecule has 0 heterocycles. The maximum absolute atomic E-state index is 10.9. The van der Waals surface area contributed by atoms with Gasteiger partial charge in [0.05, 0.1) is 0 Å². The lowest BCUT2D eigenvalue weighted by molar-refractivity contribution is -0.360. The number of carboxylic acids is 2. The Kier molecular flexibility index (Phi) is 14.0. The van der Waals surface area contributed by atoms with Gasteiger partial charge in [-0.2, -0.15) is 26.3 Å². The molecule has 0 unspecified atom stereocenters. The van der Waals surface area contributed by atoms with Crippen LogP contribution in [-0.2, 0) is 41.9 Å². The van der Waals surface area contributed by atoms with E-state index in [9.17, 15) is 35.9 Å². The molecule has 0 spiro atoms. The summed E-state index contributed by atoms with van der Waals surface area (Å²) in [6, 6.07) is 7.29. The molecule has 0 aliphatic heterocycles. The molecular formula is C16H18F6N2O8. The highest BCUT2D eigenvalue weighted by Crippen LogP contribution is 2.12. The zero-order valence-electron chi connectivity index (χ0n) is 16.1. The third kappa shape index (κ3) is 16.4. The molecule has 182 valence electrons. The lowest BCUT2D eigenvalue weighted by Gasteiger charge is -2.05. The summed E-state index contributed by atoms with van der Waals surface area (Å²) in [4.78, 5) is 39.4. The van der Waals surface area contributed by atoms with Crippen molar-refractivity contribution in [2.75, 3.05) is 13.1 Å². The van der Waals surface area contributed by atoms with Crippen LogP contribution in [0.1, 0.15) is 11.1 Å². The van der Waals surface area contributed by atoms with Crippen LogP contribution >= 0.6 is 0 Å². The highest BCUT2D eigenvalue weighted by atomic mass is 19.4. The van der Waals surface area contributed by atoms with Crippen LogP contribution in [0.2, 0.25) is 0 Å². The number of halogens is 6.